The van der Waals surface area contributed by atoms with Crippen molar-refractivity contribution in [2.45, 2.75) is 32.1 Å². The van der Waals surface area contributed by atoms with Crippen molar-refractivity contribution < 1.29 is 9.47 Å². The maximum atomic E-state index is 5.71. The van der Waals surface area contributed by atoms with Crippen LogP contribution < -0.4 is 5.32 Å². The maximum absolute atomic E-state index is 5.71. The summed E-state index contributed by atoms with van der Waals surface area (Å²) in [5, 5.41) is 3.24. The van der Waals surface area contributed by atoms with E-state index in [1.807, 2.05) is 7.05 Å². The van der Waals surface area contributed by atoms with E-state index in [1.165, 1.54) is 32.1 Å². The van der Waals surface area contributed by atoms with E-state index >= 15 is 0 Å². The van der Waals surface area contributed by atoms with Crippen molar-refractivity contribution >= 4 is 12.4 Å². The summed E-state index contributed by atoms with van der Waals surface area (Å²) in [6.45, 7) is 3.46. The Morgan fingerprint density at radius 1 is 1.19 bits per heavy atom. The van der Waals surface area contributed by atoms with E-state index in [1.54, 1.807) is 7.11 Å². The molecule has 0 saturated heterocycles. The quantitative estimate of drug-likeness (QED) is 0.672. The second-order valence-corrected chi connectivity index (χ2v) is 4.61. The molecule has 3 nitrogen and oxygen atoms in total. The lowest BCUT2D eigenvalue weighted by atomic mass is 9.83. The highest BCUT2D eigenvalue weighted by Crippen LogP contribution is 2.40. The third-order valence-electron chi connectivity index (χ3n) is 3.41. The molecule has 0 aromatic heterocycles. The standard InChI is InChI=1S/C12H25NO2.ClH/c1-13-8-7-12(5-3-4-6-12)11-15-10-9-14-2;/h13H,3-11H2,1-2H3;1H. The first-order valence-corrected chi connectivity index (χ1v) is 6.04. The summed E-state index contributed by atoms with van der Waals surface area (Å²) in [7, 11) is 3.74. The van der Waals surface area contributed by atoms with Crippen LogP contribution in [0.25, 0.3) is 0 Å². The fourth-order valence-electron chi connectivity index (χ4n) is 2.41. The number of hydrogen-bond donors (Lipinski definition) is 1. The number of halogens is 1. The Morgan fingerprint density at radius 3 is 2.44 bits per heavy atom. The minimum absolute atomic E-state index is 0. The van der Waals surface area contributed by atoms with Gasteiger partial charge in [0.25, 0.3) is 0 Å². The van der Waals surface area contributed by atoms with E-state index in [0.717, 1.165) is 19.8 Å². The molecule has 0 radical (unpaired) electrons. The highest BCUT2D eigenvalue weighted by molar-refractivity contribution is 5.85. The fraction of sp³-hybridized carbons (Fsp3) is 1.00. The number of nitrogens with one attached hydrogen (secondary N) is 1. The van der Waals surface area contributed by atoms with Crippen LogP contribution in [0.3, 0.4) is 0 Å². The van der Waals surface area contributed by atoms with Gasteiger partial charge in [-0.1, -0.05) is 12.8 Å². The normalized spacial score (nSPS) is 18.4. The van der Waals surface area contributed by atoms with Gasteiger partial charge in [-0.2, -0.15) is 0 Å². The molecular formula is C12H26ClNO2. The Balaban J connectivity index is 0.00000225. The van der Waals surface area contributed by atoms with Gasteiger partial charge in [0.2, 0.25) is 0 Å². The van der Waals surface area contributed by atoms with Crippen LogP contribution >= 0.6 is 12.4 Å². The first kappa shape index (κ1) is 16.2. The summed E-state index contributed by atoms with van der Waals surface area (Å²) in [6, 6.07) is 0. The second kappa shape index (κ2) is 9.23. The monoisotopic (exact) mass is 251 g/mol. The van der Waals surface area contributed by atoms with Gasteiger partial charge < -0.3 is 14.8 Å². The zero-order valence-corrected chi connectivity index (χ0v) is 11.4. The molecule has 0 aliphatic heterocycles. The summed E-state index contributed by atoms with van der Waals surface area (Å²) in [5.74, 6) is 0. The van der Waals surface area contributed by atoms with Crippen LogP contribution in [0, 0.1) is 5.41 Å². The van der Waals surface area contributed by atoms with Crippen LogP contribution in [-0.2, 0) is 9.47 Å². The van der Waals surface area contributed by atoms with E-state index in [9.17, 15) is 0 Å². The van der Waals surface area contributed by atoms with Crippen LogP contribution in [0.5, 0.6) is 0 Å². The van der Waals surface area contributed by atoms with Gasteiger partial charge in [-0.15, -0.1) is 12.4 Å². The van der Waals surface area contributed by atoms with Crippen molar-refractivity contribution in [2.24, 2.45) is 5.41 Å². The van der Waals surface area contributed by atoms with E-state index in [4.69, 9.17) is 9.47 Å². The molecule has 4 heteroatoms. The first-order valence-electron chi connectivity index (χ1n) is 6.04. The average Bonchev–Trinajstić information content (AvgIpc) is 2.71. The second-order valence-electron chi connectivity index (χ2n) is 4.61. The Bertz CT molecular complexity index is 161. The zero-order chi connectivity index (χ0) is 11.0. The van der Waals surface area contributed by atoms with Crippen molar-refractivity contribution in [1.29, 1.82) is 0 Å². The molecule has 1 aliphatic carbocycles. The maximum Gasteiger partial charge on any atom is 0.0700 e. The predicted molar refractivity (Wildman–Crippen MR) is 69.4 cm³/mol. The highest BCUT2D eigenvalue weighted by atomic mass is 35.5. The summed E-state index contributed by atoms with van der Waals surface area (Å²) < 4.78 is 10.7. The summed E-state index contributed by atoms with van der Waals surface area (Å²) >= 11 is 0. The van der Waals surface area contributed by atoms with Crippen LogP contribution in [-0.4, -0.2) is 40.5 Å². The third kappa shape index (κ3) is 5.48. The fourth-order valence-corrected chi connectivity index (χ4v) is 2.41. The van der Waals surface area contributed by atoms with Crippen molar-refractivity contribution in [3.05, 3.63) is 0 Å². The van der Waals surface area contributed by atoms with Crippen molar-refractivity contribution in [1.82, 2.24) is 5.32 Å². The van der Waals surface area contributed by atoms with Gasteiger partial charge in [-0.05, 0) is 38.3 Å². The molecule has 1 rings (SSSR count). The molecule has 0 aromatic carbocycles. The molecule has 16 heavy (non-hydrogen) atoms. The molecule has 0 heterocycles. The Hall–Kier alpha value is 0.170. The molecule has 0 spiro atoms. The minimum Gasteiger partial charge on any atom is -0.382 e. The van der Waals surface area contributed by atoms with Gasteiger partial charge in [-0.25, -0.2) is 0 Å². The van der Waals surface area contributed by atoms with Gasteiger partial charge in [0.1, 0.15) is 0 Å². The molecule has 0 atom stereocenters. The van der Waals surface area contributed by atoms with E-state index in [2.05, 4.69) is 5.32 Å². The molecule has 0 amide bonds. The van der Waals surface area contributed by atoms with Crippen LogP contribution in [0.4, 0.5) is 0 Å². The first-order chi connectivity index (χ1) is 7.33. The summed E-state index contributed by atoms with van der Waals surface area (Å²) in [4.78, 5) is 0. The summed E-state index contributed by atoms with van der Waals surface area (Å²) in [5.41, 5.74) is 0.455. The van der Waals surface area contributed by atoms with Crippen LogP contribution in [0.1, 0.15) is 32.1 Å². The topological polar surface area (TPSA) is 30.5 Å². The van der Waals surface area contributed by atoms with E-state index in [-0.39, 0.29) is 12.4 Å². The van der Waals surface area contributed by atoms with Crippen molar-refractivity contribution in [2.75, 3.05) is 40.5 Å². The van der Waals surface area contributed by atoms with Gasteiger partial charge >= 0.3 is 0 Å². The molecule has 0 unspecified atom stereocenters. The Kier molecular flexibility index (Phi) is 9.32. The third-order valence-corrected chi connectivity index (χ3v) is 3.41. The number of ether oxygens (including phenoxy) is 2. The van der Waals surface area contributed by atoms with Crippen molar-refractivity contribution in [3.63, 3.8) is 0 Å². The molecule has 0 bridgehead atoms. The van der Waals surface area contributed by atoms with Gasteiger partial charge in [-0.3, -0.25) is 0 Å². The lowest BCUT2D eigenvalue weighted by molar-refractivity contribution is 0.0139. The minimum atomic E-state index is 0. The highest BCUT2D eigenvalue weighted by Gasteiger charge is 2.33. The van der Waals surface area contributed by atoms with E-state index in [0.29, 0.717) is 12.0 Å². The number of rotatable bonds is 8. The van der Waals surface area contributed by atoms with Gasteiger partial charge in [0, 0.05) is 7.11 Å². The van der Waals surface area contributed by atoms with E-state index < -0.39 is 0 Å². The smallest absolute Gasteiger partial charge is 0.0700 e. The largest absolute Gasteiger partial charge is 0.382 e. The zero-order valence-electron chi connectivity index (χ0n) is 10.6. The molecule has 0 aromatic rings. The van der Waals surface area contributed by atoms with Crippen LogP contribution in [0.2, 0.25) is 0 Å². The molecule has 1 aliphatic rings. The molecule has 1 fully saturated rings. The van der Waals surface area contributed by atoms with Gasteiger partial charge in [0.15, 0.2) is 0 Å². The lowest BCUT2D eigenvalue weighted by Crippen LogP contribution is -2.28. The molecular weight excluding hydrogens is 226 g/mol. The molecule has 1 saturated carbocycles. The Labute approximate surface area is 106 Å². The molecule has 98 valence electrons. The van der Waals surface area contributed by atoms with Crippen LogP contribution in [0.15, 0.2) is 0 Å². The lowest BCUT2D eigenvalue weighted by Gasteiger charge is -2.28. The average molecular weight is 252 g/mol. The Morgan fingerprint density at radius 2 is 1.88 bits per heavy atom. The molecule has 1 N–H and O–H groups in total. The predicted octanol–water partition coefficient (Wildman–Crippen LogP) is 2.24. The van der Waals surface area contributed by atoms with Gasteiger partial charge in [0.05, 0.1) is 19.8 Å². The number of methoxy groups -OCH3 is 1. The van der Waals surface area contributed by atoms with Crippen molar-refractivity contribution in [3.8, 4) is 0 Å². The SMILES string of the molecule is CNCCC1(COCCOC)CCCC1.Cl. The number of hydrogen-bond acceptors (Lipinski definition) is 3. The summed E-state index contributed by atoms with van der Waals surface area (Å²) in [6.07, 6.45) is 6.66.